The molecule has 0 aliphatic heterocycles. The number of carbonyl (C=O) groups is 1. The van der Waals surface area contributed by atoms with Crippen LogP contribution in [0.5, 0.6) is 0 Å². The molecule has 0 aliphatic carbocycles. The van der Waals surface area contributed by atoms with Gasteiger partial charge in [-0.05, 0) is 36.4 Å². The lowest BCUT2D eigenvalue weighted by molar-refractivity contribution is -0.563. The van der Waals surface area contributed by atoms with Crippen molar-refractivity contribution in [2.45, 2.75) is 19.4 Å². The number of hydrogen-bond acceptors (Lipinski definition) is 4. The van der Waals surface area contributed by atoms with E-state index in [1.165, 1.54) is 34.0 Å². The Labute approximate surface area is 170 Å². The molecule has 29 heavy (non-hydrogen) atoms. The molecule has 4 aromatic rings. The predicted octanol–water partition coefficient (Wildman–Crippen LogP) is 5.94. The lowest BCUT2D eigenvalue weighted by atomic mass is 10.1. The number of fused-ring (bicyclic) bond motifs is 3. The van der Waals surface area contributed by atoms with E-state index < -0.39 is 16.4 Å². The quantitative estimate of drug-likeness (QED) is 0.178. The topological polar surface area (TPSA) is 69.4 Å². The van der Waals surface area contributed by atoms with Gasteiger partial charge in [-0.25, -0.2) is 4.79 Å². The van der Waals surface area contributed by atoms with Gasteiger partial charge in [0.15, 0.2) is 20.9 Å². The molecule has 0 amide bonds. The fourth-order valence-electron chi connectivity index (χ4n) is 3.23. The minimum Gasteiger partial charge on any atom is -0.454 e. The number of nitrogens with zero attached hydrogens (tertiary/aromatic N) is 1. The molecule has 3 aromatic carbocycles. The second kappa shape index (κ2) is 7.29. The average molecular weight is 406 g/mol. The molecule has 0 fully saturated rings. The third-order valence-electron chi connectivity index (χ3n) is 4.86. The van der Waals surface area contributed by atoms with Gasteiger partial charge in [0, 0.05) is 46.1 Å². The van der Waals surface area contributed by atoms with Gasteiger partial charge in [-0.3, -0.25) is 10.1 Å². The van der Waals surface area contributed by atoms with Crippen LogP contribution in [-0.2, 0) is 4.74 Å². The highest BCUT2D eigenvalue weighted by molar-refractivity contribution is 7.50. The maximum atomic E-state index is 12.5. The summed E-state index contributed by atoms with van der Waals surface area (Å²) < 4.78 is 7.69. The van der Waals surface area contributed by atoms with Crippen LogP contribution in [0.2, 0.25) is 0 Å². The smallest absolute Gasteiger partial charge is 0.338 e. The molecule has 0 unspecified atom stereocenters. The zero-order valence-corrected chi connectivity index (χ0v) is 16.9. The van der Waals surface area contributed by atoms with Crippen molar-refractivity contribution in [1.29, 1.82) is 0 Å². The Morgan fingerprint density at radius 1 is 0.966 bits per heavy atom. The maximum absolute atomic E-state index is 12.5. The Morgan fingerprint density at radius 3 is 2.14 bits per heavy atom. The monoisotopic (exact) mass is 406 g/mol. The zero-order chi connectivity index (χ0) is 20.6. The van der Waals surface area contributed by atoms with Crippen molar-refractivity contribution in [3.63, 3.8) is 0 Å². The second-order valence-electron chi connectivity index (χ2n) is 7.47. The van der Waals surface area contributed by atoms with Crippen LogP contribution in [0.15, 0.2) is 72.8 Å². The van der Waals surface area contributed by atoms with E-state index in [0.29, 0.717) is 5.56 Å². The Balaban J connectivity index is 1.75. The van der Waals surface area contributed by atoms with Crippen molar-refractivity contribution >= 4 is 36.6 Å². The third-order valence-corrected chi connectivity index (χ3v) is 7.18. The van der Waals surface area contributed by atoms with Crippen LogP contribution in [0.4, 0.5) is 0 Å². The first kappa shape index (κ1) is 19.1. The number of ether oxygens (including phenoxy) is 1. The number of nitro groups is 1. The Hall–Kier alpha value is -3.25. The van der Waals surface area contributed by atoms with Gasteiger partial charge in [-0.15, -0.1) is 0 Å². The molecule has 4 rings (SSSR count). The summed E-state index contributed by atoms with van der Waals surface area (Å²) in [7, 11) is -0.312. The van der Waals surface area contributed by atoms with Crippen molar-refractivity contribution in [3.05, 3.63) is 88.5 Å². The summed E-state index contributed by atoms with van der Waals surface area (Å²) >= 11 is 0. The van der Waals surface area contributed by atoms with Crippen LogP contribution in [0.1, 0.15) is 24.2 Å². The molecule has 6 heteroatoms. The van der Waals surface area contributed by atoms with Gasteiger partial charge in [0.25, 0.3) is 0 Å². The second-order valence-corrected chi connectivity index (χ2v) is 9.44. The summed E-state index contributed by atoms with van der Waals surface area (Å²) in [6.07, 6.45) is 0. The van der Waals surface area contributed by atoms with Gasteiger partial charge in [-0.2, -0.15) is 0 Å². The van der Waals surface area contributed by atoms with Crippen molar-refractivity contribution in [1.82, 2.24) is 0 Å². The molecule has 1 aromatic heterocycles. The highest BCUT2D eigenvalue weighted by atomic mass is 32.2. The predicted molar refractivity (Wildman–Crippen MR) is 117 cm³/mol. The number of rotatable bonds is 5. The maximum Gasteiger partial charge on any atom is 0.338 e. The van der Waals surface area contributed by atoms with E-state index in [9.17, 15) is 14.9 Å². The lowest BCUT2D eigenvalue weighted by Crippen LogP contribution is -2.37. The Kier molecular flexibility index (Phi) is 4.80. The van der Waals surface area contributed by atoms with Crippen molar-refractivity contribution in [2.24, 2.45) is 0 Å². The molecular weight excluding hydrogens is 386 g/mol. The zero-order valence-electron chi connectivity index (χ0n) is 16.1. The molecule has 1 heterocycles. The summed E-state index contributed by atoms with van der Waals surface area (Å²) in [6.45, 7) is 2.59. The highest BCUT2D eigenvalue weighted by Gasteiger charge is 2.33. The minimum atomic E-state index is -1.32. The molecule has 0 N–H and O–H groups in total. The molecule has 0 bridgehead atoms. The minimum absolute atomic E-state index is 0.277. The Bertz CT molecular complexity index is 1190. The fourth-order valence-corrected chi connectivity index (χ4v) is 5.66. The van der Waals surface area contributed by atoms with Crippen LogP contribution in [0, 0.1) is 10.1 Å². The summed E-state index contributed by atoms with van der Waals surface area (Å²) in [6, 6.07) is 24.0. The lowest BCUT2D eigenvalue weighted by Gasteiger charge is -2.15. The summed E-state index contributed by atoms with van der Waals surface area (Å²) in [5, 5.41) is 13.5. The number of carbonyl (C=O) groups excluding carboxylic acids is 1. The number of hydrogen-bond donors (Lipinski definition) is 0. The van der Waals surface area contributed by atoms with Crippen LogP contribution < -0.4 is 0 Å². The highest BCUT2D eigenvalue weighted by Crippen LogP contribution is 2.48. The third kappa shape index (κ3) is 3.47. The molecule has 146 valence electrons. The van der Waals surface area contributed by atoms with E-state index >= 15 is 0 Å². The van der Waals surface area contributed by atoms with Crippen molar-refractivity contribution < 1.29 is 14.5 Å². The normalized spacial score (nSPS) is 11.7. The van der Waals surface area contributed by atoms with Crippen LogP contribution in [0.25, 0.3) is 25.1 Å². The number of benzene rings is 3. The molecule has 0 radical (unpaired) electrons. The largest absolute Gasteiger partial charge is 0.454 e. The van der Waals surface area contributed by atoms with Gasteiger partial charge in [0.1, 0.15) is 0 Å². The fraction of sp³-hybridized carbons (Fsp3) is 0.174. The molecule has 0 saturated carbocycles. The van der Waals surface area contributed by atoms with Crippen LogP contribution in [-0.4, -0.2) is 23.0 Å². The van der Waals surface area contributed by atoms with Crippen LogP contribution in [0.3, 0.4) is 0 Å². The summed E-state index contributed by atoms with van der Waals surface area (Å²) in [4.78, 5) is 24.2. The van der Waals surface area contributed by atoms with Gasteiger partial charge >= 0.3 is 5.97 Å². The van der Waals surface area contributed by atoms with Crippen molar-refractivity contribution in [3.8, 4) is 4.90 Å². The number of thiophene rings is 1. The van der Waals surface area contributed by atoms with E-state index in [-0.39, 0.29) is 17.1 Å². The SMILES string of the molecule is CC(C)(COC(=O)c1cccc(-[s+]2c3ccccc3c3ccccc32)c1)[N+](=O)[O-]. The van der Waals surface area contributed by atoms with Gasteiger partial charge < -0.3 is 4.74 Å². The van der Waals surface area contributed by atoms with E-state index in [2.05, 4.69) is 24.3 Å². The first-order chi connectivity index (χ1) is 13.9. The first-order valence-electron chi connectivity index (χ1n) is 9.23. The molecule has 0 atom stereocenters. The molecule has 0 aliphatic rings. The molecule has 0 spiro atoms. The van der Waals surface area contributed by atoms with Gasteiger partial charge in [0.2, 0.25) is 5.54 Å². The average Bonchev–Trinajstić information content (AvgIpc) is 3.06. The molecule has 5 nitrogen and oxygen atoms in total. The summed E-state index contributed by atoms with van der Waals surface area (Å²) in [5.74, 6) is -0.550. The van der Waals surface area contributed by atoms with Crippen LogP contribution >= 0.6 is 10.5 Å². The van der Waals surface area contributed by atoms with E-state index in [4.69, 9.17) is 4.74 Å². The first-order valence-corrected chi connectivity index (χ1v) is 10.5. The van der Waals surface area contributed by atoms with Crippen molar-refractivity contribution in [2.75, 3.05) is 6.61 Å². The van der Waals surface area contributed by atoms with E-state index in [1.54, 1.807) is 6.07 Å². The Morgan fingerprint density at radius 2 is 1.55 bits per heavy atom. The molecule has 0 saturated heterocycles. The number of esters is 1. The van der Waals surface area contributed by atoms with Gasteiger partial charge in [0.05, 0.1) is 5.56 Å². The van der Waals surface area contributed by atoms with E-state index in [0.717, 1.165) is 4.90 Å². The molecular formula is C23H20NO4S+. The van der Waals surface area contributed by atoms with E-state index in [1.807, 2.05) is 42.5 Å². The van der Waals surface area contributed by atoms with Gasteiger partial charge in [-0.1, -0.05) is 30.3 Å². The standard InChI is InChI=1S/C23H20NO4S/c1-23(2,24(26)27)15-28-22(25)16-8-7-9-17(14-16)29-20-12-5-3-10-18(20)19-11-4-6-13-21(19)29/h3-14H,15H2,1-2H3/q+1. The summed E-state index contributed by atoms with van der Waals surface area (Å²) in [5.41, 5.74) is -0.922.